The van der Waals surface area contributed by atoms with Crippen molar-refractivity contribution in [2.24, 2.45) is 0 Å². The summed E-state index contributed by atoms with van der Waals surface area (Å²) in [6, 6.07) is 0. The van der Waals surface area contributed by atoms with E-state index < -0.39 is 42.2 Å². The SMILES string of the molecule is O=S(O)O.[Cl][Ca][Cl].[NaH]. The predicted molar refractivity (Wildman–Crippen MR) is 38.0 cm³/mol. The van der Waals surface area contributed by atoms with Gasteiger partial charge in [0.15, 0.2) is 0 Å². The molecule has 0 spiro atoms. The van der Waals surface area contributed by atoms with Crippen molar-refractivity contribution in [3.05, 3.63) is 0 Å². The molecule has 0 aromatic heterocycles. The Morgan fingerprint density at radius 1 is 1.38 bits per heavy atom. The molecule has 0 unspecified atom stereocenters. The summed E-state index contributed by atoms with van der Waals surface area (Å²) in [6.07, 6.45) is 9.90. The fraction of sp³-hybridized carbons (Fsp3) is 0. The summed E-state index contributed by atoms with van der Waals surface area (Å²) in [7, 11) is 0. The molecule has 0 heterocycles. The second-order valence-corrected chi connectivity index (χ2v) is 4.44. The standard InChI is InChI=1S/Ca.2ClH.Na.H2O3S.H/c;;;;1-4(2)3;/h;2*1H;;(H2,1,2,3);/q+2;;;;;/p-2. The molecule has 2 N–H and O–H groups in total. The zero-order valence-electron chi connectivity index (χ0n) is 3.17. The average Bonchev–Trinajstić information content (AvgIpc) is 1.33. The third kappa shape index (κ3) is 65.8. The van der Waals surface area contributed by atoms with Crippen LogP contribution in [-0.2, 0) is 11.4 Å². The van der Waals surface area contributed by atoms with Crippen molar-refractivity contribution >= 4 is 84.5 Å². The van der Waals surface area contributed by atoms with Gasteiger partial charge in [0.05, 0.1) is 0 Å². The van der Waals surface area contributed by atoms with Gasteiger partial charge in [0, 0.05) is 0 Å². The summed E-state index contributed by atoms with van der Waals surface area (Å²) in [6.45, 7) is 0. The van der Waals surface area contributed by atoms with Crippen molar-refractivity contribution in [3.8, 4) is 0 Å². The molecule has 0 aliphatic heterocycles. The Balaban J connectivity index is -0.0000000575. The summed E-state index contributed by atoms with van der Waals surface area (Å²) in [5.74, 6) is 0. The molecule has 0 saturated carbocycles. The van der Waals surface area contributed by atoms with E-state index in [1.807, 2.05) is 0 Å². The summed E-state index contributed by atoms with van der Waals surface area (Å²) >= 11 is -3.54. The van der Waals surface area contributed by atoms with E-state index in [2.05, 4.69) is 0 Å². The van der Waals surface area contributed by atoms with E-state index in [-0.39, 0.29) is 29.6 Å². The molecular formula is H3CaCl2NaO3S. The van der Waals surface area contributed by atoms with Crippen molar-refractivity contribution < 1.29 is 13.3 Å². The molecule has 0 atom stereocenters. The zero-order valence-corrected chi connectivity index (χ0v) is 7.71. The molecule has 0 aromatic rings. The van der Waals surface area contributed by atoms with Gasteiger partial charge in [-0.1, -0.05) is 0 Å². The summed E-state index contributed by atoms with van der Waals surface area (Å²) in [5.41, 5.74) is 0. The van der Waals surface area contributed by atoms with Gasteiger partial charge in [-0.3, -0.25) is 9.11 Å². The van der Waals surface area contributed by atoms with Crippen LogP contribution < -0.4 is 0 Å². The van der Waals surface area contributed by atoms with Gasteiger partial charge in [0.25, 0.3) is 11.4 Å². The Morgan fingerprint density at radius 2 is 1.38 bits per heavy atom. The molecule has 0 rings (SSSR count). The Hall–Kier alpha value is 2.91. The summed E-state index contributed by atoms with van der Waals surface area (Å²) in [5, 5.41) is 0. The summed E-state index contributed by atoms with van der Waals surface area (Å²) < 4.78 is 22.8. The van der Waals surface area contributed by atoms with E-state index in [1.54, 1.807) is 0 Å². The van der Waals surface area contributed by atoms with Crippen molar-refractivity contribution in [2.75, 3.05) is 0 Å². The maximum atomic E-state index is 8.67. The Labute approximate surface area is 95.7 Å². The molecule has 0 fully saturated rings. The van der Waals surface area contributed by atoms with Crippen molar-refractivity contribution in [3.63, 3.8) is 0 Å². The van der Waals surface area contributed by atoms with Gasteiger partial charge in [0.2, 0.25) is 0 Å². The van der Waals surface area contributed by atoms with Crippen LogP contribution in [0.5, 0.6) is 0 Å². The minimum atomic E-state index is -2.61. The molecule has 44 valence electrons. The Kier molecular flexibility index (Phi) is 35.3. The van der Waals surface area contributed by atoms with Gasteiger partial charge in [-0.05, 0) is 0 Å². The number of halogens is 2. The molecular weight excluding hydrogens is 214 g/mol. The molecule has 0 radical (unpaired) electrons. The van der Waals surface area contributed by atoms with E-state index in [0.717, 1.165) is 0 Å². The molecule has 0 aromatic carbocycles. The molecule has 8 heavy (non-hydrogen) atoms. The van der Waals surface area contributed by atoms with Gasteiger partial charge in [-0.15, -0.1) is 0 Å². The van der Waals surface area contributed by atoms with E-state index in [4.69, 9.17) is 26.1 Å². The van der Waals surface area contributed by atoms with Gasteiger partial charge in [-0.2, -0.15) is 4.21 Å². The molecule has 0 aliphatic rings. The second-order valence-electron chi connectivity index (χ2n) is 0.332. The van der Waals surface area contributed by atoms with E-state index in [9.17, 15) is 0 Å². The second kappa shape index (κ2) is 16.5. The topological polar surface area (TPSA) is 57.5 Å². The van der Waals surface area contributed by atoms with Crippen LogP contribution in [0.15, 0.2) is 0 Å². The van der Waals surface area contributed by atoms with Crippen LogP contribution in [0.4, 0.5) is 0 Å². The first-order valence-corrected chi connectivity index (χ1v) is 8.21. The molecule has 0 amide bonds. The normalized spacial score (nSPS) is 5.62. The van der Waals surface area contributed by atoms with Crippen molar-refractivity contribution in [1.82, 2.24) is 0 Å². The van der Waals surface area contributed by atoms with Crippen LogP contribution in [0.1, 0.15) is 0 Å². The third-order valence-corrected chi connectivity index (χ3v) is 0. The zero-order chi connectivity index (χ0) is 6.28. The van der Waals surface area contributed by atoms with Crippen LogP contribution in [-0.4, -0.2) is 73.7 Å². The third-order valence-electron chi connectivity index (χ3n) is 0. The van der Waals surface area contributed by atoms with Crippen LogP contribution >= 0.6 is 12.8 Å². The van der Waals surface area contributed by atoms with Gasteiger partial charge < -0.3 is 0 Å². The molecule has 0 aliphatic carbocycles. The van der Waals surface area contributed by atoms with Crippen LogP contribution in [0.2, 0.25) is 0 Å². The average molecular weight is 217 g/mol. The number of rotatable bonds is 0. The van der Waals surface area contributed by atoms with Crippen LogP contribution in [0.25, 0.3) is 0 Å². The monoisotopic (exact) mass is 216 g/mol. The van der Waals surface area contributed by atoms with Crippen molar-refractivity contribution in [2.45, 2.75) is 0 Å². The molecule has 0 saturated heterocycles. The van der Waals surface area contributed by atoms with Gasteiger partial charge in [0.1, 0.15) is 0 Å². The van der Waals surface area contributed by atoms with E-state index >= 15 is 0 Å². The molecule has 3 nitrogen and oxygen atoms in total. The first kappa shape index (κ1) is 17.1. The van der Waals surface area contributed by atoms with E-state index in [1.165, 1.54) is 0 Å². The minimum absolute atomic E-state index is 0. The maximum absolute atomic E-state index is 8.67. The molecule has 0 bridgehead atoms. The number of hydrogen-bond donors (Lipinski definition) is 2. The van der Waals surface area contributed by atoms with E-state index in [0.29, 0.717) is 0 Å². The fourth-order valence-corrected chi connectivity index (χ4v) is 0. The van der Waals surface area contributed by atoms with Gasteiger partial charge >= 0.3 is 73.2 Å². The van der Waals surface area contributed by atoms with Crippen LogP contribution in [0.3, 0.4) is 0 Å². The van der Waals surface area contributed by atoms with Crippen LogP contribution in [0, 0.1) is 0 Å². The van der Waals surface area contributed by atoms with Crippen molar-refractivity contribution in [1.29, 1.82) is 0 Å². The predicted octanol–water partition coefficient (Wildman–Crippen LogP) is 0.0308. The fourth-order valence-electron chi connectivity index (χ4n) is 0. The number of hydrogen-bond acceptors (Lipinski definition) is 1. The Bertz CT molecular complexity index is 48.5. The van der Waals surface area contributed by atoms with Gasteiger partial charge in [-0.25, -0.2) is 0 Å². The molecule has 8 heteroatoms. The summed E-state index contributed by atoms with van der Waals surface area (Å²) in [4.78, 5) is 0. The first-order valence-electron chi connectivity index (χ1n) is 1.07. The quantitative estimate of drug-likeness (QED) is 0.444. The Morgan fingerprint density at radius 3 is 1.38 bits per heavy atom. The first-order chi connectivity index (χ1) is 3.15.